The van der Waals surface area contributed by atoms with Gasteiger partial charge in [0.25, 0.3) is 5.91 Å². The van der Waals surface area contributed by atoms with Crippen molar-refractivity contribution in [1.82, 2.24) is 0 Å². The summed E-state index contributed by atoms with van der Waals surface area (Å²) in [6.45, 7) is 1.39. The molecule has 0 fully saturated rings. The number of hydrogen-bond acceptors (Lipinski definition) is 6. The van der Waals surface area contributed by atoms with Crippen molar-refractivity contribution in [1.29, 1.82) is 0 Å². The minimum Gasteiger partial charge on any atom is -0.457 e. The fourth-order valence-corrected chi connectivity index (χ4v) is 3.68. The van der Waals surface area contributed by atoms with Crippen LogP contribution in [0.5, 0.6) is 11.5 Å². The number of benzene rings is 3. The van der Waals surface area contributed by atoms with E-state index in [1.165, 1.54) is 19.1 Å². The SMILES string of the molecule is CC(OC(=O)c1ccc(Cl)c(S(N)(=O)=O)c1)C(=O)Nc1ccc(Oc2ccccc2)cc1. The van der Waals surface area contributed by atoms with Gasteiger partial charge in [0.05, 0.1) is 10.6 Å². The molecule has 0 saturated heterocycles. The lowest BCUT2D eigenvalue weighted by molar-refractivity contribution is -0.123. The second-order valence-corrected chi connectivity index (χ2v) is 8.60. The molecular weight excluding hydrogens is 456 g/mol. The highest BCUT2D eigenvalue weighted by molar-refractivity contribution is 7.89. The van der Waals surface area contributed by atoms with Crippen molar-refractivity contribution in [3.8, 4) is 11.5 Å². The molecule has 10 heteroatoms. The number of primary sulfonamides is 1. The first-order chi connectivity index (χ1) is 15.1. The summed E-state index contributed by atoms with van der Waals surface area (Å²) in [7, 11) is -4.13. The molecule has 3 aromatic carbocycles. The first-order valence-electron chi connectivity index (χ1n) is 9.30. The maximum atomic E-state index is 12.4. The number of halogens is 1. The standard InChI is InChI=1S/C22H19ClN2O6S/c1-14(30-22(27)15-7-12-19(23)20(13-15)32(24,28)29)21(26)25-16-8-10-18(11-9-16)31-17-5-3-2-4-6-17/h2-14H,1H3,(H,25,26)(H2,24,28,29). The molecule has 0 saturated carbocycles. The molecule has 1 amide bonds. The molecule has 1 atom stereocenters. The molecule has 0 aliphatic heterocycles. The summed E-state index contributed by atoms with van der Waals surface area (Å²) >= 11 is 5.80. The van der Waals surface area contributed by atoms with Gasteiger partial charge in [0.1, 0.15) is 16.4 Å². The third-order valence-electron chi connectivity index (χ3n) is 4.23. The molecule has 3 aromatic rings. The Hall–Kier alpha value is -3.40. The number of para-hydroxylation sites is 1. The summed E-state index contributed by atoms with van der Waals surface area (Å²) in [5.41, 5.74) is 0.363. The third kappa shape index (κ3) is 6.07. The van der Waals surface area contributed by atoms with Crippen LogP contribution in [-0.2, 0) is 19.6 Å². The molecule has 0 bridgehead atoms. The first-order valence-corrected chi connectivity index (χ1v) is 11.2. The number of sulfonamides is 1. The van der Waals surface area contributed by atoms with Crippen LogP contribution in [0.3, 0.4) is 0 Å². The van der Waals surface area contributed by atoms with Crippen molar-refractivity contribution in [3.05, 3.63) is 83.4 Å². The van der Waals surface area contributed by atoms with Gasteiger partial charge in [-0.05, 0) is 61.5 Å². The number of rotatable bonds is 7. The number of esters is 1. The lowest BCUT2D eigenvalue weighted by Gasteiger charge is -2.14. The van der Waals surface area contributed by atoms with Crippen molar-refractivity contribution in [2.75, 3.05) is 5.32 Å². The monoisotopic (exact) mass is 474 g/mol. The van der Waals surface area contributed by atoms with Gasteiger partial charge in [-0.1, -0.05) is 29.8 Å². The summed E-state index contributed by atoms with van der Waals surface area (Å²) in [5, 5.41) is 7.57. The van der Waals surface area contributed by atoms with Gasteiger partial charge in [0, 0.05) is 5.69 Å². The van der Waals surface area contributed by atoms with Gasteiger partial charge in [-0.2, -0.15) is 0 Å². The highest BCUT2D eigenvalue weighted by Crippen LogP contribution is 2.24. The Labute approximate surface area is 190 Å². The summed E-state index contributed by atoms with van der Waals surface area (Å²) in [5.74, 6) is -0.212. The molecule has 3 N–H and O–H groups in total. The number of hydrogen-bond donors (Lipinski definition) is 2. The van der Waals surface area contributed by atoms with Crippen LogP contribution in [0.2, 0.25) is 5.02 Å². The van der Waals surface area contributed by atoms with Crippen molar-refractivity contribution in [2.24, 2.45) is 5.14 Å². The average molecular weight is 475 g/mol. The topological polar surface area (TPSA) is 125 Å². The van der Waals surface area contributed by atoms with Crippen LogP contribution in [0.15, 0.2) is 77.7 Å². The number of nitrogens with one attached hydrogen (secondary N) is 1. The van der Waals surface area contributed by atoms with E-state index in [1.54, 1.807) is 24.3 Å². The largest absolute Gasteiger partial charge is 0.457 e. The van der Waals surface area contributed by atoms with Crippen molar-refractivity contribution < 1.29 is 27.5 Å². The van der Waals surface area contributed by atoms with Crippen molar-refractivity contribution >= 4 is 39.2 Å². The van der Waals surface area contributed by atoms with Gasteiger partial charge < -0.3 is 14.8 Å². The Morgan fingerprint density at radius 2 is 1.59 bits per heavy atom. The second kappa shape index (κ2) is 9.82. The maximum Gasteiger partial charge on any atom is 0.338 e. The second-order valence-electron chi connectivity index (χ2n) is 6.67. The van der Waals surface area contributed by atoms with Gasteiger partial charge in [-0.15, -0.1) is 0 Å². The Morgan fingerprint density at radius 1 is 0.969 bits per heavy atom. The molecule has 166 valence electrons. The zero-order chi connectivity index (χ0) is 23.3. The number of carbonyl (C=O) groups excluding carboxylic acids is 2. The molecule has 8 nitrogen and oxygen atoms in total. The molecule has 0 aliphatic rings. The zero-order valence-corrected chi connectivity index (χ0v) is 18.4. The fraction of sp³-hybridized carbons (Fsp3) is 0.0909. The van der Waals surface area contributed by atoms with Gasteiger partial charge >= 0.3 is 5.97 Å². The van der Waals surface area contributed by atoms with E-state index in [4.69, 9.17) is 26.2 Å². The molecule has 0 spiro atoms. The van der Waals surface area contributed by atoms with Gasteiger partial charge in [0.15, 0.2) is 6.10 Å². The van der Waals surface area contributed by atoms with Gasteiger partial charge in [0.2, 0.25) is 10.0 Å². The van der Waals surface area contributed by atoms with E-state index in [0.717, 1.165) is 6.07 Å². The molecule has 0 aliphatic carbocycles. The minimum atomic E-state index is -4.13. The number of amides is 1. The van der Waals surface area contributed by atoms with Crippen LogP contribution in [0, 0.1) is 0 Å². The Bertz CT molecular complexity index is 1230. The van der Waals surface area contributed by atoms with Gasteiger partial charge in [-0.25, -0.2) is 18.4 Å². The highest BCUT2D eigenvalue weighted by Gasteiger charge is 2.22. The molecule has 1 unspecified atom stereocenters. The van der Waals surface area contributed by atoms with Gasteiger partial charge in [-0.3, -0.25) is 4.79 Å². The smallest absolute Gasteiger partial charge is 0.338 e. The number of anilines is 1. The van der Waals surface area contributed by atoms with Crippen LogP contribution in [0.4, 0.5) is 5.69 Å². The predicted molar refractivity (Wildman–Crippen MR) is 119 cm³/mol. The van der Waals surface area contributed by atoms with E-state index in [2.05, 4.69) is 5.32 Å². The first kappa shape index (κ1) is 23.3. The molecule has 3 rings (SSSR count). The quantitative estimate of drug-likeness (QED) is 0.499. The molecular formula is C22H19ClN2O6S. The van der Waals surface area contributed by atoms with E-state index in [0.29, 0.717) is 17.2 Å². The van der Waals surface area contributed by atoms with Crippen LogP contribution in [-0.4, -0.2) is 26.4 Å². The highest BCUT2D eigenvalue weighted by atomic mass is 35.5. The lowest BCUT2D eigenvalue weighted by Crippen LogP contribution is -2.30. The van der Waals surface area contributed by atoms with E-state index in [-0.39, 0.29) is 10.6 Å². The molecule has 32 heavy (non-hydrogen) atoms. The third-order valence-corrected chi connectivity index (χ3v) is 5.62. The normalized spacial score (nSPS) is 12.0. The van der Waals surface area contributed by atoms with E-state index in [9.17, 15) is 18.0 Å². The molecule has 0 heterocycles. The summed E-state index contributed by atoms with van der Waals surface area (Å²) in [6, 6.07) is 19.3. The summed E-state index contributed by atoms with van der Waals surface area (Å²) in [4.78, 5) is 24.3. The number of ether oxygens (including phenoxy) is 2. The zero-order valence-electron chi connectivity index (χ0n) is 16.8. The van der Waals surface area contributed by atoms with Crippen LogP contribution in [0.25, 0.3) is 0 Å². The fourth-order valence-electron chi connectivity index (χ4n) is 2.61. The van der Waals surface area contributed by atoms with Crippen LogP contribution < -0.4 is 15.2 Å². The lowest BCUT2D eigenvalue weighted by atomic mass is 10.2. The van der Waals surface area contributed by atoms with Crippen molar-refractivity contribution in [3.63, 3.8) is 0 Å². The molecule has 0 radical (unpaired) electrons. The van der Waals surface area contributed by atoms with E-state index in [1.807, 2.05) is 30.3 Å². The summed E-state index contributed by atoms with van der Waals surface area (Å²) in [6.07, 6.45) is -1.16. The van der Waals surface area contributed by atoms with E-state index < -0.39 is 32.9 Å². The number of carbonyl (C=O) groups is 2. The minimum absolute atomic E-state index is 0.111. The van der Waals surface area contributed by atoms with Crippen LogP contribution >= 0.6 is 11.6 Å². The number of nitrogens with two attached hydrogens (primary N) is 1. The summed E-state index contributed by atoms with van der Waals surface area (Å²) < 4.78 is 33.9. The van der Waals surface area contributed by atoms with E-state index >= 15 is 0 Å². The average Bonchev–Trinajstić information content (AvgIpc) is 2.75. The van der Waals surface area contributed by atoms with Crippen molar-refractivity contribution in [2.45, 2.75) is 17.9 Å². The Morgan fingerprint density at radius 3 is 2.22 bits per heavy atom. The molecule has 0 aromatic heterocycles. The Kier molecular flexibility index (Phi) is 7.14. The maximum absolute atomic E-state index is 12.4. The van der Waals surface area contributed by atoms with Crippen LogP contribution in [0.1, 0.15) is 17.3 Å². The predicted octanol–water partition coefficient (Wildman–Crippen LogP) is 3.96. The Balaban J connectivity index is 1.60.